The van der Waals surface area contributed by atoms with Crippen LogP contribution in [-0.2, 0) is 0 Å². The first-order valence-electron chi connectivity index (χ1n) is 5.75. The smallest absolute Gasteiger partial charge is 0.133 e. The molecule has 1 aromatic rings. The Morgan fingerprint density at radius 1 is 1.19 bits per heavy atom. The molecule has 1 aliphatic heterocycles. The van der Waals surface area contributed by atoms with Crippen LogP contribution in [0.1, 0.15) is 41.1 Å². The molecule has 0 aromatic heterocycles. The van der Waals surface area contributed by atoms with Gasteiger partial charge in [0, 0.05) is 6.04 Å². The van der Waals surface area contributed by atoms with Crippen molar-refractivity contribution in [2.24, 2.45) is 0 Å². The molecule has 1 aromatic carbocycles. The molecular weight excluding hydrogens is 266 g/mol. The Kier molecular flexibility index (Phi) is 3.27. The van der Waals surface area contributed by atoms with Crippen LogP contribution < -0.4 is 5.32 Å². The summed E-state index contributed by atoms with van der Waals surface area (Å²) in [6.07, 6.45) is 2.43. The van der Waals surface area contributed by atoms with Crippen molar-refractivity contribution in [1.29, 1.82) is 0 Å². The number of hydrogen-bond acceptors (Lipinski definition) is 2. The van der Waals surface area contributed by atoms with Crippen LogP contribution in [0.5, 0.6) is 5.75 Å². The highest BCUT2D eigenvalue weighted by Gasteiger charge is 2.23. The van der Waals surface area contributed by atoms with Gasteiger partial charge >= 0.3 is 0 Å². The summed E-state index contributed by atoms with van der Waals surface area (Å²) in [6.45, 7) is 7.25. The fraction of sp³-hybridized carbons (Fsp3) is 0.538. The first-order chi connectivity index (χ1) is 7.54. The molecule has 1 saturated heterocycles. The van der Waals surface area contributed by atoms with Gasteiger partial charge in [-0.25, -0.2) is 0 Å². The van der Waals surface area contributed by atoms with Gasteiger partial charge in [-0.3, -0.25) is 0 Å². The number of benzene rings is 1. The summed E-state index contributed by atoms with van der Waals surface area (Å²) in [6, 6.07) is 0.454. The lowest BCUT2D eigenvalue weighted by Gasteiger charge is -2.21. The third-order valence-corrected chi connectivity index (χ3v) is 4.64. The number of aromatic hydroxyl groups is 1. The molecular formula is C13H18BrNO. The topological polar surface area (TPSA) is 32.3 Å². The third kappa shape index (κ3) is 1.76. The van der Waals surface area contributed by atoms with Crippen LogP contribution in [0.25, 0.3) is 0 Å². The average molecular weight is 284 g/mol. The van der Waals surface area contributed by atoms with Gasteiger partial charge in [-0.05, 0) is 78.3 Å². The zero-order valence-electron chi connectivity index (χ0n) is 10.0. The highest BCUT2D eigenvalue weighted by molar-refractivity contribution is 9.10. The summed E-state index contributed by atoms with van der Waals surface area (Å²) in [5.74, 6) is 0.386. The van der Waals surface area contributed by atoms with Crippen LogP contribution in [0.15, 0.2) is 4.47 Å². The van der Waals surface area contributed by atoms with Crippen molar-refractivity contribution < 1.29 is 5.11 Å². The molecule has 0 saturated carbocycles. The molecule has 1 heterocycles. The SMILES string of the molecule is Cc1c(C)c(C2CCCN2)c(C)c(Br)c1O. The van der Waals surface area contributed by atoms with E-state index in [-0.39, 0.29) is 0 Å². The van der Waals surface area contributed by atoms with E-state index in [1.807, 2.05) is 6.92 Å². The highest BCUT2D eigenvalue weighted by atomic mass is 79.9. The molecule has 88 valence electrons. The van der Waals surface area contributed by atoms with Gasteiger partial charge in [-0.1, -0.05) is 0 Å². The van der Waals surface area contributed by atoms with E-state index < -0.39 is 0 Å². The van der Waals surface area contributed by atoms with E-state index in [0.717, 1.165) is 16.6 Å². The summed E-state index contributed by atoms with van der Waals surface area (Å²) in [4.78, 5) is 0. The molecule has 0 radical (unpaired) electrons. The van der Waals surface area contributed by atoms with Gasteiger partial charge in [0.2, 0.25) is 0 Å². The number of rotatable bonds is 1. The van der Waals surface area contributed by atoms with Crippen molar-refractivity contribution in [3.8, 4) is 5.75 Å². The lowest BCUT2D eigenvalue weighted by Crippen LogP contribution is -2.16. The molecule has 2 N–H and O–H groups in total. The van der Waals surface area contributed by atoms with Crippen molar-refractivity contribution >= 4 is 15.9 Å². The van der Waals surface area contributed by atoms with Crippen LogP contribution in [0.4, 0.5) is 0 Å². The number of phenols is 1. The molecule has 16 heavy (non-hydrogen) atoms. The highest BCUT2D eigenvalue weighted by Crippen LogP contribution is 2.40. The average Bonchev–Trinajstić information content (AvgIpc) is 2.77. The van der Waals surface area contributed by atoms with E-state index in [2.05, 4.69) is 35.1 Å². The summed E-state index contributed by atoms with van der Waals surface area (Å²) in [7, 11) is 0. The van der Waals surface area contributed by atoms with Gasteiger partial charge in [0.25, 0.3) is 0 Å². The fourth-order valence-electron chi connectivity index (χ4n) is 2.57. The summed E-state index contributed by atoms with van der Waals surface area (Å²) < 4.78 is 0.847. The lowest BCUT2D eigenvalue weighted by atomic mass is 9.91. The predicted octanol–water partition coefficient (Wildman–Crippen LogP) is 3.50. The standard InChI is InChI=1S/C13H18BrNO/c1-7-8(2)13(16)12(14)9(3)11(7)10-5-4-6-15-10/h10,15-16H,4-6H2,1-3H3. The molecule has 0 aliphatic carbocycles. The Bertz CT molecular complexity index is 393. The quantitative estimate of drug-likeness (QED) is 0.827. The second-order valence-electron chi connectivity index (χ2n) is 4.60. The molecule has 1 aliphatic rings. The molecule has 0 amide bonds. The summed E-state index contributed by atoms with van der Waals surface area (Å²) in [5, 5.41) is 13.5. The second kappa shape index (κ2) is 4.38. The van der Waals surface area contributed by atoms with Crippen molar-refractivity contribution in [3.63, 3.8) is 0 Å². The van der Waals surface area contributed by atoms with E-state index >= 15 is 0 Å². The second-order valence-corrected chi connectivity index (χ2v) is 5.39. The van der Waals surface area contributed by atoms with Crippen LogP contribution >= 0.6 is 15.9 Å². The maximum atomic E-state index is 9.97. The number of hydrogen-bond donors (Lipinski definition) is 2. The number of nitrogens with one attached hydrogen (secondary N) is 1. The van der Waals surface area contributed by atoms with E-state index in [1.165, 1.54) is 29.5 Å². The van der Waals surface area contributed by atoms with Gasteiger partial charge in [-0.15, -0.1) is 0 Å². The van der Waals surface area contributed by atoms with E-state index in [1.54, 1.807) is 0 Å². The molecule has 1 unspecified atom stereocenters. The normalized spacial score (nSPS) is 20.4. The first kappa shape index (κ1) is 11.9. The minimum absolute atomic E-state index is 0.386. The Morgan fingerprint density at radius 2 is 1.88 bits per heavy atom. The summed E-state index contributed by atoms with van der Waals surface area (Å²) in [5.41, 5.74) is 4.73. The van der Waals surface area contributed by atoms with Crippen molar-refractivity contribution in [2.45, 2.75) is 39.7 Å². The van der Waals surface area contributed by atoms with Gasteiger partial charge in [0.15, 0.2) is 0 Å². The zero-order chi connectivity index (χ0) is 11.9. The van der Waals surface area contributed by atoms with Crippen LogP contribution in [-0.4, -0.2) is 11.7 Å². The first-order valence-corrected chi connectivity index (χ1v) is 6.54. The van der Waals surface area contributed by atoms with Crippen molar-refractivity contribution in [3.05, 3.63) is 26.7 Å². The fourth-order valence-corrected chi connectivity index (χ4v) is 3.09. The molecule has 3 heteroatoms. The third-order valence-electron chi connectivity index (χ3n) is 3.67. The Labute approximate surface area is 105 Å². The zero-order valence-corrected chi connectivity index (χ0v) is 11.6. The molecule has 1 atom stereocenters. The number of phenolic OH excluding ortho intramolecular Hbond substituents is 1. The van der Waals surface area contributed by atoms with Gasteiger partial charge in [0.1, 0.15) is 5.75 Å². The largest absolute Gasteiger partial charge is 0.506 e. The van der Waals surface area contributed by atoms with Gasteiger partial charge in [0.05, 0.1) is 4.47 Å². The maximum absolute atomic E-state index is 9.97. The summed E-state index contributed by atoms with van der Waals surface area (Å²) >= 11 is 3.48. The maximum Gasteiger partial charge on any atom is 0.133 e. The van der Waals surface area contributed by atoms with E-state index in [9.17, 15) is 5.11 Å². The van der Waals surface area contributed by atoms with Gasteiger partial charge < -0.3 is 10.4 Å². The van der Waals surface area contributed by atoms with Crippen LogP contribution in [0.2, 0.25) is 0 Å². The minimum Gasteiger partial charge on any atom is -0.506 e. The monoisotopic (exact) mass is 283 g/mol. The van der Waals surface area contributed by atoms with Crippen LogP contribution in [0.3, 0.4) is 0 Å². The van der Waals surface area contributed by atoms with E-state index in [4.69, 9.17) is 0 Å². The minimum atomic E-state index is 0.386. The van der Waals surface area contributed by atoms with Crippen molar-refractivity contribution in [2.75, 3.05) is 6.54 Å². The molecule has 2 rings (SSSR count). The van der Waals surface area contributed by atoms with E-state index in [0.29, 0.717) is 11.8 Å². The lowest BCUT2D eigenvalue weighted by molar-refractivity contribution is 0.465. The van der Waals surface area contributed by atoms with Crippen LogP contribution in [0, 0.1) is 20.8 Å². The molecule has 0 bridgehead atoms. The Morgan fingerprint density at radius 3 is 2.44 bits per heavy atom. The molecule has 2 nitrogen and oxygen atoms in total. The Hall–Kier alpha value is -0.540. The molecule has 1 fully saturated rings. The Balaban J connectivity index is 2.59. The van der Waals surface area contributed by atoms with Crippen molar-refractivity contribution in [1.82, 2.24) is 5.32 Å². The number of halogens is 1. The van der Waals surface area contributed by atoms with Gasteiger partial charge in [-0.2, -0.15) is 0 Å². The molecule has 0 spiro atoms. The predicted molar refractivity (Wildman–Crippen MR) is 70.0 cm³/mol.